The van der Waals surface area contributed by atoms with Gasteiger partial charge in [0.1, 0.15) is 5.54 Å². The van der Waals surface area contributed by atoms with Crippen LogP contribution in [0.3, 0.4) is 0 Å². The van der Waals surface area contributed by atoms with Crippen LogP contribution in [-0.2, 0) is 5.54 Å². The second kappa shape index (κ2) is 9.72. The van der Waals surface area contributed by atoms with E-state index >= 15 is 0 Å². The molecule has 39 heavy (non-hydrogen) atoms. The number of halogens is 1. The number of hydrogen-bond donors (Lipinski definition) is 0. The molecule has 0 amide bonds. The molecule has 0 fully saturated rings. The van der Waals surface area contributed by atoms with E-state index in [9.17, 15) is 0 Å². The quantitative estimate of drug-likeness (QED) is 0.206. The Morgan fingerprint density at radius 3 is 1.64 bits per heavy atom. The first-order chi connectivity index (χ1) is 19.3. The zero-order valence-corrected chi connectivity index (χ0v) is 22.9. The fourth-order valence-corrected chi connectivity index (χ4v) is 6.47. The molecule has 1 nitrogen and oxygen atoms in total. The van der Waals surface area contributed by atoms with Gasteiger partial charge in [-0.3, -0.25) is 0 Å². The average Bonchev–Trinajstić information content (AvgIpc) is 3.02. The zero-order chi connectivity index (χ0) is 26.2. The van der Waals surface area contributed by atoms with E-state index in [1.165, 1.54) is 44.6 Å². The van der Waals surface area contributed by atoms with Crippen LogP contribution in [0.15, 0.2) is 162 Å². The molecule has 0 aliphatic carbocycles. The molecule has 186 valence electrons. The lowest BCUT2D eigenvalue weighted by Gasteiger charge is -2.51. The lowest BCUT2D eigenvalue weighted by atomic mass is 9.69. The third kappa shape index (κ3) is 3.75. The summed E-state index contributed by atoms with van der Waals surface area (Å²) in [5, 5.41) is 0. The lowest BCUT2D eigenvalue weighted by molar-refractivity contribution is 0.622. The fraction of sp³-hybridized carbons (Fsp3) is 0.0270. The van der Waals surface area contributed by atoms with Gasteiger partial charge < -0.3 is 4.90 Å². The van der Waals surface area contributed by atoms with E-state index in [1.807, 2.05) is 0 Å². The summed E-state index contributed by atoms with van der Waals surface area (Å²) >= 11 is 3.62. The molecular weight excluding hydrogens is 538 g/mol. The van der Waals surface area contributed by atoms with Gasteiger partial charge in [0.2, 0.25) is 0 Å². The Bertz CT molecular complexity index is 1700. The standard InChI is InChI=1S/C37H26BrN/c38-30-25-23-27(24-26-30)32-20-12-22-35-36(32)33-19-10-11-21-34(33)37(28-13-4-1-5-14-28,29-15-6-2-7-16-29)39(35)31-17-8-3-9-18-31/h1-26H. The molecule has 1 heterocycles. The summed E-state index contributed by atoms with van der Waals surface area (Å²) in [5.74, 6) is 0. The predicted molar refractivity (Wildman–Crippen MR) is 166 cm³/mol. The second-order valence-electron chi connectivity index (χ2n) is 9.87. The molecule has 6 aromatic carbocycles. The molecule has 0 N–H and O–H groups in total. The van der Waals surface area contributed by atoms with Gasteiger partial charge in [0.15, 0.2) is 0 Å². The molecular formula is C37H26BrN. The van der Waals surface area contributed by atoms with E-state index in [4.69, 9.17) is 0 Å². The number of rotatable bonds is 4. The Morgan fingerprint density at radius 1 is 0.462 bits per heavy atom. The van der Waals surface area contributed by atoms with Crippen LogP contribution in [0.1, 0.15) is 16.7 Å². The predicted octanol–water partition coefficient (Wildman–Crippen LogP) is 10.2. The van der Waals surface area contributed by atoms with Crippen molar-refractivity contribution in [2.45, 2.75) is 5.54 Å². The van der Waals surface area contributed by atoms with Crippen LogP contribution in [0.5, 0.6) is 0 Å². The molecule has 7 rings (SSSR count). The first-order valence-electron chi connectivity index (χ1n) is 13.2. The zero-order valence-electron chi connectivity index (χ0n) is 21.3. The van der Waals surface area contributed by atoms with E-state index < -0.39 is 5.54 Å². The van der Waals surface area contributed by atoms with Crippen LogP contribution in [-0.4, -0.2) is 0 Å². The first kappa shape index (κ1) is 23.7. The first-order valence-corrected chi connectivity index (χ1v) is 14.0. The highest BCUT2D eigenvalue weighted by molar-refractivity contribution is 9.10. The maximum Gasteiger partial charge on any atom is 0.121 e. The van der Waals surface area contributed by atoms with Crippen LogP contribution in [0.4, 0.5) is 11.4 Å². The van der Waals surface area contributed by atoms with Gasteiger partial charge >= 0.3 is 0 Å². The summed E-state index contributed by atoms with van der Waals surface area (Å²) in [5.41, 5.74) is 10.4. The number of para-hydroxylation sites is 1. The van der Waals surface area contributed by atoms with Crippen LogP contribution in [0.25, 0.3) is 22.3 Å². The molecule has 0 spiro atoms. The summed E-state index contributed by atoms with van der Waals surface area (Å²) in [6.45, 7) is 0. The molecule has 0 atom stereocenters. The van der Waals surface area contributed by atoms with Gasteiger partial charge in [0.05, 0.1) is 5.69 Å². The SMILES string of the molecule is Brc1ccc(-c2cccc3c2-c2ccccc2C(c2ccccc2)(c2ccccc2)N3c2ccccc2)cc1. The molecule has 6 aromatic rings. The highest BCUT2D eigenvalue weighted by Gasteiger charge is 2.48. The second-order valence-corrected chi connectivity index (χ2v) is 10.8. The highest BCUT2D eigenvalue weighted by atomic mass is 79.9. The molecule has 0 aromatic heterocycles. The lowest BCUT2D eigenvalue weighted by Crippen LogP contribution is -2.48. The molecule has 2 heteroatoms. The minimum absolute atomic E-state index is 0.578. The number of nitrogens with zero attached hydrogens (tertiary/aromatic N) is 1. The maximum atomic E-state index is 3.62. The van der Waals surface area contributed by atoms with E-state index in [0.29, 0.717) is 0 Å². The number of fused-ring (bicyclic) bond motifs is 3. The van der Waals surface area contributed by atoms with E-state index in [1.54, 1.807) is 0 Å². The Hall–Kier alpha value is -4.40. The number of anilines is 2. The highest BCUT2D eigenvalue weighted by Crippen LogP contribution is 2.58. The van der Waals surface area contributed by atoms with Gasteiger partial charge in [-0.25, -0.2) is 0 Å². The minimum Gasteiger partial charge on any atom is -0.322 e. The molecule has 0 saturated carbocycles. The Morgan fingerprint density at radius 2 is 1.00 bits per heavy atom. The van der Waals surface area contributed by atoms with Gasteiger partial charge in [-0.15, -0.1) is 0 Å². The van der Waals surface area contributed by atoms with Crippen molar-refractivity contribution in [1.82, 2.24) is 0 Å². The van der Waals surface area contributed by atoms with Crippen molar-refractivity contribution in [3.8, 4) is 22.3 Å². The van der Waals surface area contributed by atoms with Crippen LogP contribution in [0, 0.1) is 0 Å². The molecule has 0 unspecified atom stereocenters. The van der Waals surface area contributed by atoms with Crippen molar-refractivity contribution >= 4 is 27.3 Å². The number of hydrogen-bond acceptors (Lipinski definition) is 1. The Labute approximate surface area is 238 Å². The fourth-order valence-electron chi connectivity index (χ4n) is 6.20. The van der Waals surface area contributed by atoms with Crippen LogP contribution in [0.2, 0.25) is 0 Å². The Kier molecular flexibility index (Phi) is 5.91. The normalized spacial score (nSPS) is 13.4. The van der Waals surface area contributed by atoms with E-state index in [2.05, 4.69) is 179 Å². The summed E-state index contributed by atoms with van der Waals surface area (Å²) in [6.07, 6.45) is 0. The molecule has 0 radical (unpaired) electrons. The summed E-state index contributed by atoms with van der Waals surface area (Å²) in [6, 6.07) is 57.0. The van der Waals surface area contributed by atoms with Crippen molar-refractivity contribution in [3.63, 3.8) is 0 Å². The van der Waals surface area contributed by atoms with Gasteiger partial charge in [0.25, 0.3) is 0 Å². The third-order valence-electron chi connectivity index (χ3n) is 7.76. The summed E-state index contributed by atoms with van der Waals surface area (Å²) < 4.78 is 1.08. The van der Waals surface area contributed by atoms with Crippen molar-refractivity contribution in [1.29, 1.82) is 0 Å². The largest absolute Gasteiger partial charge is 0.322 e. The van der Waals surface area contributed by atoms with Crippen molar-refractivity contribution in [2.24, 2.45) is 0 Å². The van der Waals surface area contributed by atoms with E-state index in [0.717, 1.165) is 10.2 Å². The van der Waals surface area contributed by atoms with Crippen LogP contribution >= 0.6 is 15.9 Å². The van der Waals surface area contributed by atoms with Gasteiger partial charge in [0, 0.05) is 15.7 Å². The smallest absolute Gasteiger partial charge is 0.121 e. The summed E-state index contributed by atoms with van der Waals surface area (Å²) in [4.78, 5) is 2.55. The van der Waals surface area contributed by atoms with Crippen molar-refractivity contribution in [2.75, 3.05) is 4.90 Å². The summed E-state index contributed by atoms with van der Waals surface area (Å²) in [7, 11) is 0. The monoisotopic (exact) mass is 563 g/mol. The van der Waals surface area contributed by atoms with Crippen molar-refractivity contribution in [3.05, 3.63) is 179 Å². The van der Waals surface area contributed by atoms with Gasteiger partial charge in [-0.2, -0.15) is 0 Å². The minimum atomic E-state index is -0.578. The van der Waals surface area contributed by atoms with Crippen LogP contribution < -0.4 is 4.90 Å². The van der Waals surface area contributed by atoms with Gasteiger partial charge in [-0.05, 0) is 63.7 Å². The third-order valence-corrected chi connectivity index (χ3v) is 8.29. The van der Waals surface area contributed by atoms with Crippen molar-refractivity contribution < 1.29 is 0 Å². The average molecular weight is 565 g/mol. The topological polar surface area (TPSA) is 3.24 Å². The number of benzene rings is 6. The van der Waals surface area contributed by atoms with Gasteiger partial charge in [-0.1, -0.05) is 143 Å². The van der Waals surface area contributed by atoms with E-state index in [-0.39, 0.29) is 0 Å². The molecule has 0 bridgehead atoms. The molecule has 0 saturated heterocycles. The molecule has 1 aliphatic rings. The molecule has 1 aliphatic heterocycles. The Balaban J connectivity index is 1.66. The maximum absolute atomic E-state index is 3.62.